The molecule has 0 bridgehead atoms. The van der Waals surface area contributed by atoms with Gasteiger partial charge in [-0.05, 0) is 61.6 Å². The summed E-state index contributed by atoms with van der Waals surface area (Å²) in [7, 11) is 2.72. The molecule has 3 aromatic carbocycles. The molecule has 38 heavy (non-hydrogen) atoms. The van der Waals surface area contributed by atoms with Crippen molar-refractivity contribution >= 4 is 70.8 Å². The number of hydrogen-bond acceptors (Lipinski definition) is 4. The van der Waals surface area contributed by atoms with Crippen molar-refractivity contribution in [3.63, 3.8) is 0 Å². The number of halogens is 1. The van der Waals surface area contributed by atoms with Gasteiger partial charge in [0.1, 0.15) is 0 Å². The third-order valence-electron chi connectivity index (χ3n) is 6.61. The predicted molar refractivity (Wildman–Crippen MR) is 172 cm³/mol. The molecule has 4 N–H and O–H groups in total. The molecule has 2 heterocycles. The third-order valence-corrected chi connectivity index (χ3v) is 6.84. The smallest absolute Gasteiger partial charge is 0.0741 e. The first kappa shape index (κ1) is 29.4. The molecule has 198 valence electrons. The average Bonchev–Trinajstić information content (AvgIpc) is 2.95. The van der Waals surface area contributed by atoms with Gasteiger partial charge in [-0.25, -0.2) is 4.98 Å². The maximum absolute atomic E-state index is 6.21. The van der Waals surface area contributed by atoms with Crippen LogP contribution in [0, 0.1) is 0 Å². The maximum atomic E-state index is 6.21. The van der Waals surface area contributed by atoms with Gasteiger partial charge in [-0.3, -0.25) is 4.98 Å². The minimum absolute atomic E-state index is 0.718. The van der Waals surface area contributed by atoms with Gasteiger partial charge in [-0.15, -0.1) is 8.86 Å². The molecule has 6 heteroatoms. The summed E-state index contributed by atoms with van der Waals surface area (Å²) in [4.78, 5) is 9.23. The van der Waals surface area contributed by atoms with Crippen LogP contribution in [0.1, 0.15) is 57.2 Å². The van der Waals surface area contributed by atoms with Crippen LogP contribution in [-0.2, 0) is 12.8 Å². The lowest BCUT2D eigenvalue weighted by atomic mass is 9.93. The first-order valence-corrected chi connectivity index (χ1v) is 14.4. The van der Waals surface area contributed by atoms with E-state index in [0.717, 1.165) is 61.9 Å². The molecule has 5 aromatic rings. The Morgan fingerprint density at radius 1 is 0.737 bits per heavy atom. The summed E-state index contributed by atoms with van der Waals surface area (Å²) < 4.78 is 0. The van der Waals surface area contributed by atoms with Gasteiger partial charge < -0.3 is 11.5 Å². The third kappa shape index (κ3) is 7.01. The largest absolute Gasteiger partial charge is 0.398 e. The number of rotatable bonds is 2. The predicted octanol–water partition coefficient (Wildman–Crippen LogP) is 9.08. The Morgan fingerprint density at radius 3 is 1.87 bits per heavy atom. The minimum Gasteiger partial charge on any atom is -0.398 e. The van der Waals surface area contributed by atoms with Crippen LogP contribution in [0.25, 0.3) is 32.7 Å². The molecule has 0 saturated carbocycles. The fraction of sp³-hybridized carbons (Fsp3) is 0.281. The highest BCUT2D eigenvalue weighted by Crippen LogP contribution is 2.32. The van der Waals surface area contributed by atoms with E-state index >= 15 is 0 Å². The maximum Gasteiger partial charge on any atom is 0.0741 e. The lowest BCUT2D eigenvalue weighted by Gasteiger charge is -2.18. The first-order chi connectivity index (χ1) is 18.5. The molecule has 0 fully saturated rings. The molecular formula is C32H38ClN4P. The number of aryl methyl sites for hydroxylation is 1. The van der Waals surface area contributed by atoms with Gasteiger partial charge in [0, 0.05) is 32.6 Å². The van der Waals surface area contributed by atoms with Gasteiger partial charge in [0.15, 0.2) is 0 Å². The normalized spacial score (nSPS) is 11.9. The second-order valence-electron chi connectivity index (χ2n) is 9.23. The summed E-state index contributed by atoms with van der Waals surface area (Å²) in [5.74, 6) is 0. The number of pyridine rings is 2. The quantitative estimate of drug-likeness (QED) is 0.171. The second kappa shape index (κ2) is 14.7. The molecule has 0 aliphatic heterocycles. The summed E-state index contributed by atoms with van der Waals surface area (Å²) >= 11 is 5.97. The molecule has 0 unspecified atom stereocenters. The van der Waals surface area contributed by atoms with Crippen molar-refractivity contribution in [2.45, 2.75) is 58.8 Å². The van der Waals surface area contributed by atoms with Gasteiger partial charge in [0.05, 0.1) is 22.2 Å². The molecule has 0 amide bonds. The Kier molecular flexibility index (Phi) is 11.3. The molecule has 1 aliphatic carbocycles. The van der Waals surface area contributed by atoms with Crippen molar-refractivity contribution in [3.05, 3.63) is 83.0 Å². The highest BCUT2D eigenvalue weighted by molar-refractivity contribution is 7.15. The molecule has 2 aromatic heterocycles. The van der Waals surface area contributed by atoms with E-state index in [2.05, 4.69) is 39.0 Å². The van der Waals surface area contributed by atoms with Gasteiger partial charge in [-0.1, -0.05) is 87.4 Å². The Labute approximate surface area is 233 Å². The van der Waals surface area contributed by atoms with Crippen LogP contribution in [0.3, 0.4) is 0 Å². The summed E-state index contributed by atoms with van der Waals surface area (Å²) in [5, 5.41) is 3.80. The number of unbranched alkanes of at least 4 members (excludes halogenated alkanes) is 2. The summed E-state index contributed by atoms with van der Waals surface area (Å²) in [5.41, 5.74) is 19.3. The lowest BCUT2D eigenvalue weighted by Crippen LogP contribution is -2.09. The number of hydrogen-bond donors (Lipinski definition) is 2. The van der Waals surface area contributed by atoms with Crippen molar-refractivity contribution in [2.24, 2.45) is 0 Å². The van der Waals surface area contributed by atoms with E-state index in [-0.39, 0.29) is 0 Å². The van der Waals surface area contributed by atoms with Crippen molar-refractivity contribution in [3.8, 4) is 0 Å². The molecule has 0 atom stereocenters. The van der Waals surface area contributed by atoms with Crippen LogP contribution in [0.2, 0.25) is 5.02 Å². The summed E-state index contributed by atoms with van der Waals surface area (Å²) in [6.45, 7) is 4.42. The zero-order chi connectivity index (χ0) is 27.5. The number of nitrogens with two attached hydrogens (primary N) is 2. The number of fused-ring (bicyclic) bond motifs is 4. The SMILES string of the molecule is C=P.CCCCC.Nc1c2c(nc3cc(Cl)ccc13)CCCC2.Nc1c2ccccc2nc2ccccc12. The van der Waals surface area contributed by atoms with Crippen LogP contribution in [-0.4, -0.2) is 16.3 Å². The van der Waals surface area contributed by atoms with Crippen molar-refractivity contribution < 1.29 is 0 Å². The molecule has 6 rings (SSSR count). The van der Waals surface area contributed by atoms with E-state index in [0.29, 0.717) is 0 Å². The Bertz CT molecular complexity index is 1450. The Morgan fingerprint density at radius 2 is 1.29 bits per heavy atom. The molecular weight excluding hydrogens is 507 g/mol. The summed E-state index contributed by atoms with van der Waals surface area (Å²) in [6.07, 6.45) is 11.7. The van der Waals surface area contributed by atoms with Crippen LogP contribution < -0.4 is 11.5 Å². The van der Waals surface area contributed by atoms with E-state index in [1.54, 1.807) is 0 Å². The average molecular weight is 545 g/mol. The fourth-order valence-electron chi connectivity index (χ4n) is 4.66. The van der Waals surface area contributed by atoms with Crippen molar-refractivity contribution in [1.29, 1.82) is 0 Å². The van der Waals surface area contributed by atoms with Gasteiger partial charge in [-0.2, -0.15) is 0 Å². The number of aromatic nitrogens is 2. The van der Waals surface area contributed by atoms with Crippen LogP contribution >= 0.6 is 20.5 Å². The highest BCUT2D eigenvalue weighted by Gasteiger charge is 2.16. The lowest BCUT2D eigenvalue weighted by molar-refractivity contribution is 0.673. The van der Waals surface area contributed by atoms with Crippen LogP contribution in [0.15, 0.2) is 66.7 Å². The van der Waals surface area contributed by atoms with E-state index in [4.69, 9.17) is 23.1 Å². The van der Waals surface area contributed by atoms with Gasteiger partial charge in [0.2, 0.25) is 0 Å². The zero-order valence-corrected chi connectivity index (χ0v) is 24.2. The van der Waals surface area contributed by atoms with E-state index < -0.39 is 0 Å². The van der Waals surface area contributed by atoms with Crippen LogP contribution in [0.4, 0.5) is 11.4 Å². The topological polar surface area (TPSA) is 77.8 Å². The van der Waals surface area contributed by atoms with Crippen LogP contribution in [0.5, 0.6) is 0 Å². The number of nitrogens with zero attached hydrogens (tertiary/aromatic N) is 2. The summed E-state index contributed by atoms with van der Waals surface area (Å²) in [6, 6.07) is 21.6. The molecule has 0 spiro atoms. The monoisotopic (exact) mass is 544 g/mol. The molecule has 0 radical (unpaired) electrons. The number of nitrogen functional groups attached to an aromatic ring is 2. The standard InChI is InChI=1S/C13H13ClN2.C13H10N2.C5H12.CH3P/c14-8-5-6-10-12(7-8)16-11-4-2-1-3-9(11)13(10)15;14-13-9-5-1-3-7-11(9)15-12-8-4-2-6-10(12)13;1-3-5-4-2;1-2/h5-7H,1-4H2,(H2,15,16);1-8H,(H2,14,15);3-5H2,1-2H3;2H,1H2. The van der Waals surface area contributed by atoms with E-state index in [1.807, 2.05) is 66.7 Å². The Hall–Kier alpha value is -3.20. The molecule has 4 nitrogen and oxygen atoms in total. The number of anilines is 2. The fourth-order valence-corrected chi connectivity index (χ4v) is 4.83. The van der Waals surface area contributed by atoms with E-state index in [9.17, 15) is 0 Å². The minimum atomic E-state index is 0.718. The van der Waals surface area contributed by atoms with Gasteiger partial charge in [0.25, 0.3) is 0 Å². The van der Waals surface area contributed by atoms with E-state index in [1.165, 1.54) is 43.4 Å². The number of benzene rings is 3. The highest BCUT2D eigenvalue weighted by atomic mass is 35.5. The molecule has 1 aliphatic rings. The van der Waals surface area contributed by atoms with Crippen molar-refractivity contribution in [1.82, 2.24) is 9.97 Å². The second-order valence-corrected chi connectivity index (χ2v) is 9.67. The number of para-hydroxylation sites is 2. The zero-order valence-electron chi connectivity index (χ0n) is 22.4. The molecule has 0 saturated heterocycles. The van der Waals surface area contributed by atoms with Gasteiger partial charge >= 0.3 is 0 Å². The van der Waals surface area contributed by atoms with Crippen molar-refractivity contribution in [2.75, 3.05) is 11.5 Å². The Balaban J connectivity index is 0.000000171. The first-order valence-electron chi connectivity index (χ1n) is 13.3.